The van der Waals surface area contributed by atoms with Crippen LogP contribution in [0.3, 0.4) is 0 Å². The first-order valence-corrected chi connectivity index (χ1v) is 18.6. The third-order valence-electron chi connectivity index (χ3n) is 11.4. The number of nitrogens with zero attached hydrogens (tertiary/aromatic N) is 4. The molecule has 3 aliphatic rings. The van der Waals surface area contributed by atoms with Gasteiger partial charge in [-0.1, -0.05) is 44.2 Å². The van der Waals surface area contributed by atoms with Gasteiger partial charge >= 0.3 is 5.97 Å². The monoisotopic (exact) mass is 716 g/mol. The molecule has 1 aromatic rings. The lowest BCUT2D eigenvalue weighted by Gasteiger charge is -2.47. The fourth-order valence-corrected chi connectivity index (χ4v) is 8.36. The average molecular weight is 717 g/mol. The van der Waals surface area contributed by atoms with Gasteiger partial charge in [-0.3, -0.25) is 24.2 Å². The van der Waals surface area contributed by atoms with E-state index in [1.54, 1.807) is 34.8 Å². The number of Topliss-reactive ketones (excluding diaryl/α,β-unsaturated/α-hetero) is 1. The van der Waals surface area contributed by atoms with E-state index in [2.05, 4.69) is 24.0 Å². The van der Waals surface area contributed by atoms with Gasteiger partial charge in [-0.05, 0) is 80.1 Å². The Hall–Kier alpha value is -2.45. The zero-order chi connectivity index (χ0) is 37.8. The summed E-state index contributed by atoms with van der Waals surface area (Å²) >= 11 is 0. The quantitative estimate of drug-likeness (QED) is 0.331. The van der Waals surface area contributed by atoms with E-state index >= 15 is 0 Å². The number of ether oxygens (including phenoxy) is 4. The number of carbonyl (C=O) groups excluding carboxylic acids is 3. The standard InChI is InChI=1S/C39H64N4O8/c1-25-22-39(7,48-11)34(51-36-32(44)30(40(8)9)21-26(2)49-36)27(3)33(45)38(5,6)37(47)50-28(4)31(41(10)23-25)35(46)43-19-17-42(18-20-43)24-29-15-13-12-14-16-29/h12-16,25-28,30-32,34,36,44H,17-24H2,1-11H3/t25-,26-,27+,28+,30+,31-,32-,34-,36+,39-/m1/s1. The van der Waals surface area contributed by atoms with Gasteiger partial charge in [-0.15, -0.1) is 0 Å². The molecular formula is C39H64N4O8. The van der Waals surface area contributed by atoms with Crippen molar-refractivity contribution >= 4 is 17.7 Å². The van der Waals surface area contributed by atoms with Crippen molar-refractivity contribution < 1.29 is 38.4 Å². The summed E-state index contributed by atoms with van der Waals surface area (Å²) in [4.78, 5) is 50.8. The van der Waals surface area contributed by atoms with Gasteiger partial charge in [0.2, 0.25) is 5.91 Å². The molecule has 0 saturated carbocycles. The highest BCUT2D eigenvalue weighted by molar-refractivity contribution is 6.04. The largest absolute Gasteiger partial charge is 0.460 e. The van der Waals surface area contributed by atoms with E-state index in [1.165, 1.54) is 5.56 Å². The molecule has 0 radical (unpaired) electrons. The maximum atomic E-state index is 14.4. The molecule has 1 amide bonds. The summed E-state index contributed by atoms with van der Waals surface area (Å²) in [7, 11) is 7.30. The summed E-state index contributed by atoms with van der Waals surface area (Å²) in [5, 5.41) is 11.4. The highest BCUT2D eigenvalue weighted by Crippen LogP contribution is 2.38. The Kier molecular flexibility index (Phi) is 13.9. The molecule has 3 heterocycles. The molecule has 10 atom stereocenters. The minimum atomic E-state index is -1.57. The second-order valence-electron chi connectivity index (χ2n) is 16.3. The van der Waals surface area contributed by atoms with Gasteiger partial charge < -0.3 is 33.9 Å². The second-order valence-corrected chi connectivity index (χ2v) is 16.3. The van der Waals surface area contributed by atoms with Crippen molar-refractivity contribution in [3.05, 3.63) is 35.9 Å². The molecule has 0 aliphatic carbocycles. The van der Waals surface area contributed by atoms with Crippen LogP contribution in [0.4, 0.5) is 0 Å². The smallest absolute Gasteiger partial charge is 0.319 e. The highest BCUT2D eigenvalue weighted by atomic mass is 16.7. The molecule has 4 rings (SSSR count). The number of amides is 1. The maximum absolute atomic E-state index is 14.4. The summed E-state index contributed by atoms with van der Waals surface area (Å²) < 4.78 is 25.1. The fourth-order valence-electron chi connectivity index (χ4n) is 8.36. The van der Waals surface area contributed by atoms with E-state index in [1.807, 2.05) is 67.9 Å². The van der Waals surface area contributed by atoms with Gasteiger partial charge in [0.15, 0.2) is 12.1 Å². The van der Waals surface area contributed by atoms with Gasteiger partial charge in [-0.2, -0.15) is 0 Å². The number of cyclic esters (lactones) is 1. The Morgan fingerprint density at radius 2 is 1.65 bits per heavy atom. The molecule has 12 heteroatoms. The number of benzene rings is 1. The lowest BCUT2D eigenvalue weighted by atomic mass is 9.74. The number of likely N-dealkylation sites (N-methyl/N-ethyl adjacent to an activating group) is 2. The Morgan fingerprint density at radius 3 is 2.24 bits per heavy atom. The minimum absolute atomic E-state index is 0.0336. The molecule has 0 bridgehead atoms. The SMILES string of the molecule is CO[C@]1(C)C[C@@H](C)CN(C)[C@@H](C(=O)N2CCN(Cc3ccccc3)CC2)[C@H](C)OC(=O)C(C)(C)C(=O)[C@H](C)[C@H]1O[C@@H]1O[C@H](C)C[C@H](N(C)C)[C@H]1O. The number of rotatable bonds is 7. The predicted molar refractivity (Wildman–Crippen MR) is 195 cm³/mol. The Morgan fingerprint density at radius 1 is 1.02 bits per heavy atom. The van der Waals surface area contributed by atoms with E-state index in [4.69, 9.17) is 18.9 Å². The highest BCUT2D eigenvalue weighted by Gasteiger charge is 2.52. The normalized spacial score (nSPS) is 36.6. The number of aliphatic hydroxyl groups is 1. The molecule has 12 nitrogen and oxygen atoms in total. The van der Waals surface area contributed by atoms with Crippen LogP contribution >= 0.6 is 0 Å². The summed E-state index contributed by atoms with van der Waals surface area (Å²) in [6.45, 7) is 16.5. The van der Waals surface area contributed by atoms with Crippen molar-refractivity contribution in [3.63, 3.8) is 0 Å². The minimum Gasteiger partial charge on any atom is -0.460 e. The van der Waals surface area contributed by atoms with Crippen LogP contribution < -0.4 is 0 Å². The van der Waals surface area contributed by atoms with E-state index < -0.39 is 53.5 Å². The molecule has 0 spiro atoms. The second kappa shape index (κ2) is 17.1. The Balaban J connectivity index is 1.61. The molecule has 288 valence electrons. The number of piperazine rings is 1. The van der Waals surface area contributed by atoms with Crippen molar-refractivity contribution in [1.82, 2.24) is 19.6 Å². The van der Waals surface area contributed by atoms with Gasteiger partial charge in [0.1, 0.15) is 23.7 Å². The van der Waals surface area contributed by atoms with E-state index in [9.17, 15) is 19.5 Å². The molecular weight excluding hydrogens is 652 g/mol. The van der Waals surface area contributed by atoms with Crippen LogP contribution in [-0.4, -0.2) is 152 Å². The summed E-state index contributed by atoms with van der Waals surface area (Å²) in [5.41, 5.74) is -1.36. The van der Waals surface area contributed by atoms with Gasteiger partial charge in [0.25, 0.3) is 0 Å². The van der Waals surface area contributed by atoms with Crippen LogP contribution in [0.25, 0.3) is 0 Å². The van der Waals surface area contributed by atoms with Gasteiger partial charge in [0.05, 0.1) is 17.8 Å². The fraction of sp³-hybridized carbons (Fsp3) is 0.769. The number of aliphatic hydroxyl groups excluding tert-OH is 1. The molecule has 0 aromatic heterocycles. The molecule has 1 N–H and O–H groups in total. The summed E-state index contributed by atoms with van der Waals surface area (Å²) in [6.07, 6.45) is -2.79. The molecule has 3 saturated heterocycles. The van der Waals surface area contributed by atoms with Crippen LogP contribution in [0.2, 0.25) is 0 Å². The third kappa shape index (κ3) is 9.57. The van der Waals surface area contributed by atoms with Crippen molar-refractivity contribution in [2.75, 3.05) is 61.0 Å². The first kappa shape index (κ1) is 41.3. The van der Waals surface area contributed by atoms with Crippen molar-refractivity contribution in [2.24, 2.45) is 17.3 Å². The lowest BCUT2D eigenvalue weighted by Crippen LogP contribution is -2.59. The van der Waals surface area contributed by atoms with Crippen LogP contribution in [0.15, 0.2) is 30.3 Å². The lowest BCUT2D eigenvalue weighted by molar-refractivity contribution is -0.295. The third-order valence-corrected chi connectivity index (χ3v) is 11.4. The topological polar surface area (TPSA) is 121 Å². The van der Waals surface area contributed by atoms with Crippen molar-refractivity contribution in [1.29, 1.82) is 0 Å². The van der Waals surface area contributed by atoms with Crippen molar-refractivity contribution in [3.8, 4) is 0 Å². The van der Waals surface area contributed by atoms with E-state index in [0.717, 1.165) is 19.6 Å². The van der Waals surface area contributed by atoms with Crippen LogP contribution in [-0.2, 0) is 39.9 Å². The molecule has 51 heavy (non-hydrogen) atoms. The van der Waals surface area contributed by atoms with Crippen LogP contribution in [0, 0.1) is 17.3 Å². The zero-order valence-corrected chi connectivity index (χ0v) is 32.8. The zero-order valence-electron chi connectivity index (χ0n) is 32.8. The Labute approximate surface area is 305 Å². The number of carbonyl (C=O) groups is 3. The first-order chi connectivity index (χ1) is 23.9. The number of hydrogen-bond acceptors (Lipinski definition) is 11. The van der Waals surface area contributed by atoms with Gasteiger partial charge in [0, 0.05) is 58.3 Å². The maximum Gasteiger partial charge on any atom is 0.319 e. The predicted octanol–water partition coefficient (Wildman–Crippen LogP) is 3.05. The van der Waals surface area contributed by atoms with E-state index in [-0.39, 0.29) is 29.8 Å². The number of hydrogen-bond donors (Lipinski definition) is 1. The molecule has 3 aliphatic heterocycles. The number of esters is 1. The molecule has 0 unspecified atom stereocenters. The average Bonchev–Trinajstić information content (AvgIpc) is 3.07. The van der Waals surface area contributed by atoms with Crippen LogP contribution in [0.5, 0.6) is 0 Å². The summed E-state index contributed by atoms with van der Waals surface area (Å²) in [6, 6.07) is 9.34. The van der Waals surface area contributed by atoms with E-state index in [0.29, 0.717) is 32.5 Å². The first-order valence-electron chi connectivity index (χ1n) is 18.6. The Bertz CT molecular complexity index is 1320. The molecule has 3 fully saturated rings. The van der Waals surface area contributed by atoms with Crippen LogP contribution in [0.1, 0.15) is 66.9 Å². The van der Waals surface area contributed by atoms with Gasteiger partial charge in [-0.25, -0.2) is 0 Å². The van der Waals surface area contributed by atoms with Crippen molar-refractivity contribution in [2.45, 2.75) is 116 Å². The number of methoxy groups -OCH3 is 1. The summed E-state index contributed by atoms with van der Waals surface area (Å²) in [5.74, 6) is -2.05. The molecule has 1 aromatic carbocycles. The number of ketones is 1.